The Balaban J connectivity index is 1.83. The molecule has 16 heavy (non-hydrogen) atoms. The lowest BCUT2D eigenvalue weighted by molar-refractivity contribution is 0.238. The van der Waals surface area contributed by atoms with Crippen molar-refractivity contribution in [2.75, 3.05) is 20.3 Å². The van der Waals surface area contributed by atoms with E-state index in [2.05, 4.69) is 5.32 Å². The molecular weight excluding hydrogens is 202 g/mol. The second-order valence-electron chi connectivity index (χ2n) is 4.14. The van der Waals surface area contributed by atoms with Gasteiger partial charge in [0, 0.05) is 12.1 Å². The normalized spacial score (nSPS) is 20.4. The van der Waals surface area contributed by atoms with E-state index in [-0.39, 0.29) is 0 Å². The summed E-state index contributed by atoms with van der Waals surface area (Å²) in [5, 5.41) is 3.46. The molecule has 0 radical (unpaired) electrons. The molecule has 1 aromatic carbocycles. The van der Waals surface area contributed by atoms with Crippen molar-refractivity contribution in [1.29, 1.82) is 0 Å². The van der Waals surface area contributed by atoms with Gasteiger partial charge in [0.25, 0.3) is 0 Å². The van der Waals surface area contributed by atoms with Crippen molar-refractivity contribution >= 4 is 0 Å². The lowest BCUT2D eigenvalue weighted by Gasteiger charge is -2.23. The van der Waals surface area contributed by atoms with Gasteiger partial charge in [-0.15, -0.1) is 0 Å². The number of hydrogen-bond acceptors (Lipinski definition) is 3. The number of ether oxygens (including phenoxy) is 2. The van der Waals surface area contributed by atoms with Gasteiger partial charge in [0.05, 0.1) is 7.11 Å². The molecule has 3 heteroatoms. The van der Waals surface area contributed by atoms with Gasteiger partial charge in [-0.2, -0.15) is 0 Å². The van der Waals surface area contributed by atoms with Crippen LogP contribution < -0.4 is 14.8 Å². The Kier molecular flexibility index (Phi) is 4.05. The van der Waals surface area contributed by atoms with Gasteiger partial charge in [0.15, 0.2) is 0 Å². The van der Waals surface area contributed by atoms with Gasteiger partial charge in [-0.05, 0) is 31.5 Å². The van der Waals surface area contributed by atoms with Crippen LogP contribution in [0.3, 0.4) is 0 Å². The Morgan fingerprint density at radius 2 is 2.19 bits per heavy atom. The summed E-state index contributed by atoms with van der Waals surface area (Å²) in [7, 11) is 1.67. The van der Waals surface area contributed by atoms with Crippen LogP contribution in [-0.2, 0) is 0 Å². The van der Waals surface area contributed by atoms with Gasteiger partial charge in [-0.3, -0.25) is 0 Å². The average molecular weight is 221 g/mol. The summed E-state index contributed by atoms with van der Waals surface area (Å²) < 4.78 is 10.9. The van der Waals surface area contributed by atoms with E-state index in [1.807, 2.05) is 24.3 Å². The molecule has 1 aromatic rings. The van der Waals surface area contributed by atoms with Gasteiger partial charge in [0.2, 0.25) is 0 Å². The third-order valence-electron chi connectivity index (χ3n) is 2.90. The van der Waals surface area contributed by atoms with Crippen molar-refractivity contribution in [3.8, 4) is 11.5 Å². The van der Waals surface area contributed by atoms with E-state index in [0.717, 1.165) is 24.7 Å². The maximum Gasteiger partial charge on any atom is 0.123 e. The average Bonchev–Trinajstić information content (AvgIpc) is 2.38. The molecule has 2 rings (SSSR count). The van der Waals surface area contributed by atoms with Crippen molar-refractivity contribution in [1.82, 2.24) is 5.32 Å². The minimum Gasteiger partial charge on any atom is -0.497 e. The molecule has 1 saturated heterocycles. The van der Waals surface area contributed by atoms with Gasteiger partial charge in [-0.25, -0.2) is 0 Å². The molecule has 88 valence electrons. The molecule has 1 unspecified atom stereocenters. The Labute approximate surface area is 96.8 Å². The van der Waals surface area contributed by atoms with Crippen LogP contribution in [0.5, 0.6) is 11.5 Å². The summed E-state index contributed by atoms with van der Waals surface area (Å²) in [6.45, 7) is 1.86. The molecule has 0 amide bonds. The highest BCUT2D eigenvalue weighted by Crippen LogP contribution is 2.19. The number of hydrogen-bond donors (Lipinski definition) is 1. The number of methoxy groups -OCH3 is 1. The molecule has 0 aromatic heterocycles. The van der Waals surface area contributed by atoms with E-state index >= 15 is 0 Å². The third kappa shape index (κ3) is 3.14. The van der Waals surface area contributed by atoms with E-state index < -0.39 is 0 Å². The van der Waals surface area contributed by atoms with Crippen LogP contribution >= 0.6 is 0 Å². The maximum absolute atomic E-state index is 5.75. The van der Waals surface area contributed by atoms with Gasteiger partial charge in [0.1, 0.15) is 18.1 Å². The summed E-state index contributed by atoms with van der Waals surface area (Å²) in [5.74, 6) is 1.72. The van der Waals surface area contributed by atoms with E-state index in [4.69, 9.17) is 9.47 Å². The van der Waals surface area contributed by atoms with Crippen LogP contribution in [0.25, 0.3) is 0 Å². The highest BCUT2D eigenvalue weighted by molar-refractivity contribution is 5.32. The predicted molar refractivity (Wildman–Crippen MR) is 64.1 cm³/mol. The molecule has 0 spiro atoms. The molecule has 3 nitrogen and oxygen atoms in total. The minimum absolute atomic E-state index is 0.500. The second kappa shape index (κ2) is 5.75. The molecule has 1 aliphatic heterocycles. The zero-order valence-electron chi connectivity index (χ0n) is 9.74. The number of piperidine rings is 1. The minimum atomic E-state index is 0.500. The van der Waals surface area contributed by atoms with Crippen molar-refractivity contribution in [3.63, 3.8) is 0 Å². The number of benzene rings is 1. The SMILES string of the molecule is COc1cccc(OCC2CCCCN2)c1. The summed E-state index contributed by atoms with van der Waals surface area (Å²) >= 11 is 0. The summed E-state index contributed by atoms with van der Waals surface area (Å²) in [5.41, 5.74) is 0. The lowest BCUT2D eigenvalue weighted by Crippen LogP contribution is -2.38. The molecule has 1 atom stereocenters. The first-order valence-corrected chi connectivity index (χ1v) is 5.89. The number of rotatable bonds is 4. The second-order valence-corrected chi connectivity index (χ2v) is 4.14. The van der Waals surface area contributed by atoms with E-state index in [1.54, 1.807) is 7.11 Å². The highest BCUT2D eigenvalue weighted by Gasteiger charge is 2.12. The summed E-state index contributed by atoms with van der Waals surface area (Å²) in [4.78, 5) is 0. The van der Waals surface area contributed by atoms with Gasteiger partial charge in [-0.1, -0.05) is 12.5 Å². The third-order valence-corrected chi connectivity index (χ3v) is 2.90. The fourth-order valence-electron chi connectivity index (χ4n) is 1.95. The Bertz CT molecular complexity index is 321. The zero-order chi connectivity index (χ0) is 11.2. The van der Waals surface area contributed by atoms with E-state index in [9.17, 15) is 0 Å². The Morgan fingerprint density at radius 3 is 2.94 bits per heavy atom. The van der Waals surface area contributed by atoms with Crippen molar-refractivity contribution in [2.24, 2.45) is 0 Å². The molecule has 0 bridgehead atoms. The Hall–Kier alpha value is -1.22. The van der Waals surface area contributed by atoms with E-state index in [0.29, 0.717) is 6.04 Å². The molecule has 1 fully saturated rings. The number of nitrogens with one attached hydrogen (secondary N) is 1. The largest absolute Gasteiger partial charge is 0.497 e. The fourth-order valence-corrected chi connectivity index (χ4v) is 1.95. The van der Waals surface area contributed by atoms with Crippen LogP contribution in [0.4, 0.5) is 0 Å². The maximum atomic E-state index is 5.75. The molecule has 0 aliphatic carbocycles. The molecule has 1 N–H and O–H groups in total. The quantitative estimate of drug-likeness (QED) is 0.845. The zero-order valence-corrected chi connectivity index (χ0v) is 9.74. The Morgan fingerprint density at radius 1 is 1.31 bits per heavy atom. The predicted octanol–water partition coefficient (Wildman–Crippen LogP) is 2.22. The van der Waals surface area contributed by atoms with Crippen molar-refractivity contribution in [2.45, 2.75) is 25.3 Å². The van der Waals surface area contributed by atoms with Crippen LogP contribution in [0.1, 0.15) is 19.3 Å². The van der Waals surface area contributed by atoms with Crippen LogP contribution in [0, 0.1) is 0 Å². The summed E-state index contributed by atoms with van der Waals surface area (Å²) in [6.07, 6.45) is 3.80. The topological polar surface area (TPSA) is 30.5 Å². The van der Waals surface area contributed by atoms with Crippen LogP contribution in [0.15, 0.2) is 24.3 Å². The fraction of sp³-hybridized carbons (Fsp3) is 0.538. The monoisotopic (exact) mass is 221 g/mol. The van der Waals surface area contributed by atoms with Crippen molar-refractivity contribution in [3.05, 3.63) is 24.3 Å². The first-order chi connectivity index (χ1) is 7.88. The van der Waals surface area contributed by atoms with Gasteiger partial charge >= 0.3 is 0 Å². The molecule has 0 saturated carbocycles. The standard InChI is InChI=1S/C13H19NO2/c1-15-12-6-4-7-13(9-12)16-10-11-5-2-3-8-14-11/h4,6-7,9,11,14H,2-3,5,8,10H2,1H3. The van der Waals surface area contributed by atoms with Crippen molar-refractivity contribution < 1.29 is 9.47 Å². The van der Waals surface area contributed by atoms with Gasteiger partial charge < -0.3 is 14.8 Å². The van der Waals surface area contributed by atoms with Crippen LogP contribution in [0.2, 0.25) is 0 Å². The molecular formula is C13H19NO2. The first kappa shape index (κ1) is 11.3. The lowest BCUT2D eigenvalue weighted by atomic mass is 10.1. The smallest absolute Gasteiger partial charge is 0.123 e. The van der Waals surface area contributed by atoms with E-state index in [1.165, 1.54) is 19.3 Å². The molecule has 1 aliphatic rings. The summed E-state index contributed by atoms with van der Waals surface area (Å²) in [6, 6.07) is 8.25. The first-order valence-electron chi connectivity index (χ1n) is 5.89. The van der Waals surface area contributed by atoms with Crippen LogP contribution in [-0.4, -0.2) is 26.3 Å². The highest BCUT2D eigenvalue weighted by atomic mass is 16.5. The molecule has 1 heterocycles.